The minimum atomic E-state index is -0.641. The molecule has 27 heavy (non-hydrogen) atoms. The van der Waals surface area contributed by atoms with Crippen molar-refractivity contribution in [2.24, 2.45) is 11.3 Å². The van der Waals surface area contributed by atoms with Gasteiger partial charge in [-0.3, -0.25) is 9.59 Å². The maximum atomic E-state index is 12.8. The molecule has 1 N–H and O–H groups in total. The molecule has 1 aromatic heterocycles. The van der Waals surface area contributed by atoms with Crippen LogP contribution in [-0.2, 0) is 4.79 Å². The molecule has 0 fully saturated rings. The zero-order valence-electron chi connectivity index (χ0n) is 17.7. The zero-order chi connectivity index (χ0) is 20.6. The number of carbonyl (C=O) groups excluding carboxylic acids is 2. The van der Waals surface area contributed by atoms with Crippen LogP contribution in [0.2, 0.25) is 0 Å². The Kier molecular flexibility index (Phi) is 9.45. The molecule has 1 amide bonds. The number of hydrogen-bond donors (Lipinski definition) is 1. The SMILES string of the molecule is CC(C)CC(NC(=O)CCC(C)(C)C)C(=O)c1nnc(SCCN(C)C)o1. The van der Waals surface area contributed by atoms with Crippen molar-refractivity contribution in [1.82, 2.24) is 20.4 Å². The lowest BCUT2D eigenvalue weighted by Gasteiger charge is -2.20. The van der Waals surface area contributed by atoms with E-state index in [-0.39, 0.29) is 28.9 Å². The molecule has 0 aliphatic rings. The van der Waals surface area contributed by atoms with Crippen molar-refractivity contribution < 1.29 is 14.0 Å². The number of Topliss-reactive ketones (excluding diaryl/α,β-unsaturated/α-hetero) is 1. The topological polar surface area (TPSA) is 88.3 Å². The van der Waals surface area contributed by atoms with Crippen LogP contribution in [0.4, 0.5) is 0 Å². The number of carbonyl (C=O) groups is 2. The molecule has 0 aliphatic carbocycles. The molecular formula is C19H34N4O3S. The highest BCUT2D eigenvalue weighted by molar-refractivity contribution is 7.99. The molecule has 0 radical (unpaired) electrons. The van der Waals surface area contributed by atoms with Gasteiger partial charge in [0.15, 0.2) is 0 Å². The molecule has 1 rings (SSSR count). The average Bonchev–Trinajstić information content (AvgIpc) is 2.99. The molecule has 0 aromatic carbocycles. The number of hydrogen-bond acceptors (Lipinski definition) is 7. The summed E-state index contributed by atoms with van der Waals surface area (Å²) in [6.45, 7) is 11.2. The van der Waals surface area contributed by atoms with Crippen LogP contribution in [0.25, 0.3) is 0 Å². The summed E-state index contributed by atoms with van der Waals surface area (Å²) < 4.78 is 5.51. The second-order valence-electron chi connectivity index (χ2n) is 8.70. The molecule has 154 valence electrons. The summed E-state index contributed by atoms with van der Waals surface area (Å²) in [6, 6.07) is -0.641. The molecule has 0 saturated heterocycles. The highest BCUT2D eigenvalue weighted by atomic mass is 32.2. The zero-order valence-corrected chi connectivity index (χ0v) is 18.5. The number of ketones is 1. The van der Waals surface area contributed by atoms with Crippen molar-refractivity contribution in [3.63, 3.8) is 0 Å². The predicted molar refractivity (Wildman–Crippen MR) is 108 cm³/mol. The number of nitrogens with zero attached hydrogens (tertiary/aromatic N) is 3. The van der Waals surface area contributed by atoms with Crippen molar-refractivity contribution in [3.05, 3.63) is 5.89 Å². The molecule has 0 aliphatic heterocycles. The van der Waals surface area contributed by atoms with Gasteiger partial charge in [-0.2, -0.15) is 0 Å². The Morgan fingerprint density at radius 1 is 1.22 bits per heavy atom. The Morgan fingerprint density at radius 3 is 2.44 bits per heavy atom. The number of thioether (sulfide) groups is 1. The first-order chi connectivity index (χ1) is 12.5. The Hall–Kier alpha value is -1.41. The predicted octanol–water partition coefficient (Wildman–Crippen LogP) is 3.26. The van der Waals surface area contributed by atoms with Crippen LogP contribution in [0.1, 0.15) is 64.6 Å². The lowest BCUT2D eigenvalue weighted by Crippen LogP contribution is -2.42. The monoisotopic (exact) mass is 398 g/mol. The van der Waals surface area contributed by atoms with Crippen LogP contribution in [0.15, 0.2) is 9.64 Å². The first-order valence-corrected chi connectivity index (χ1v) is 10.4. The summed E-state index contributed by atoms with van der Waals surface area (Å²) in [5.74, 6) is 0.563. The lowest BCUT2D eigenvalue weighted by atomic mass is 9.90. The average molecular weight is 399 g/mol. The third-order valence-electron chi connectivity index (χ3n) is 3.84. The summed E-state index contributed by atoms with van der Waals surface area (Å²) in [4.78, 5) is 27.1. The van der Waals surface area contributed by atoms with E-state index in [1.807, 2.05) is 27.9 Å². The van der Waals surface area contributed by atoms with Gasteiger partial charge >= 0.3 is 0 Å². The molecule has 1 heterocycles. The molecule has 8 heteroatoms. The van der Waals surface area contributed by atoms with Crippen LogP contribution < -0.4 is 5.32 Å². The fraction of sp³-hybridized carbons (Fsp3) is 0.789. The Labute approximate surface area is 167 Å². The summed E-state index contributed by atoms with van der Waals surface area (Å²) in [5, 5.41) is 11.1. The Bertz CT molecular complexity index is 608. The molecule has 0 saturated carbocycles. The van der Waals surface area contributed by atoms with Gasteiger partial charge in [0, 0.05) is 18.7 Å². The number of amides is 1. The lowest BCUT2D eigenvalue weighted by molar-refractivity contribution is -0.122. The number of rotatable bonds is 11. The second kappa shape index (κ2) is 10.8. The fourth-order valence-corrected chi connectivity index (χ4v) is 3.16. The highest BCUT2D eigenvalue weighted by Crippen LogP contribution is 2.21. The van der Waals surface area contributed by atoms with Crippen molar-refractivity contribution in [2.45, 2.75) is 65.1 Å². The van der Waals surface area contributed by atoms with Crippen LogP contribution >= 0.6 is 11.8 Å². The number of aromatic nitrogens is 2. The van der Waals surface area contributed by atoms with Gasteiger partial charge in [-0.25, -0.2) is 0 Å². The van der Waals surface area contributed by atoms with Crippen LogP contribution in [0, 0.1) is 11.3 Å². The Balaban J connectivity index is 2.71. The van der Waals surface area contributed by atoms with E-state index in [0.29, 0.717) is 18.1 Å². The van der Waals surface area contributed by atoms with Crippen LogP contribution in [-0.4, -0.2) is 59.2 Å². The van der Waals surface area contributed by atoms with E-state index < -0.39 is 6.04 Å². The number of nitrogens with one attached hydrogen (secondary N) is 1. The van der Waals surface area contributed by atoms with E-state index in [1.165, 1.54) is 11.8 Å². The van der Waals surface area contributed by atoms with E-state index in [2.05, 4.69) is 41.2 Å². The normalized spacial score (nSPS) is 13.2. The van der Waals surface area contributed by atoms with Crippen molar-refractivity contribution in [2.75, 3.05) is 26.4 Å². The molecular weight excluding hydrogens is 364 g/mol. The van der Waals surface area contributed by atoms with Gasteiger partial charge < -0.3 is 14.6 Å². The standard InChI is InChI=1S/C19H34N4O3S/c1-13(2)12-14(20-15(24)8-9-19(3,4)5)16(25)17-21-22-18(26-17)27-11-10-23(6)7/h13-14H,8-12H2,1-7H3,(H,20,24). The third-order valence-corrected chi connectivity index (χ3v) is 4.64. The van der Waals surface area contributed by atoms with Crippen molar-refractivity contribution in [1.29, 1.82) is 0 Å². The van der Waals surface area contributed by atoms with E-state index in [9.17, 15) is 9.59 Å². The maximum absolute atomic E-state index is 12.8. The van der Waals surface area contributed by atoms with Gasteiger partial charge in [-0.05, 0) is 38.3 Å². The van der Waals surface area contributed by atoms with Gasteiger partial charge in [-0.15, -0.1) is 10.2 Å². The van der Waals surface area contributed by atoms with E-state index >= 15 is 0 Å². The van der Waals surface area contributed by atoms with Gasteiger partial charge in [0.2, 0.25) is 11.7 Å². The minimum absolute atomic E-state index is 0.0378. The highest BCUT2D eigenvalue weighted by Gasteiger charge is 2.28. The molecule has 0 spiro atoms. The van der Waals surface area contributed by atoms with Gasteiger partial charge in [0.05, 0.1) is 6.04 Å². The largest absolute Gasteiger partial charge is 0.408 e. The molecule has 1 aromatic rings. The van der Waals surface area contributed by atoms with Crippen molar-refractivity contribution in [3.8, 4) is 0 Å². The van der Waals surface area contributed by atoms with E-state index in [4.69, 9.17) is 4.42 Å². The maximum Gasteiger partial charge on any atom is 0.286 e. The van der Waals surface area contributed by atoms with Gasteiger partial charge in [0.1, 0.15) is 0 Å². The van der Waals surface area contributed by atoms with Crippen LogP contribution in [0.3, 0.4) is 0 Å². The summed E-state index contributed by atoms with van der Waals surface area (Å²) in [6.07, 6.45) is 1.68. The van der Waals surface area contributed by atoms with Crippen molar-refractivity contribution >= 4 is 23.5 Å². The van der Waals surface area contributed by atoms with E-state index in [0.717, 1.165) is 18.7 Å². The van der Waals surface area contributed by atoms with Gasteiger partial charge in [0.25, 0.3) is 11.1 Å². The summed E-state index contributed by atoms with van der Waals surface area (Å²) in [5.41, 5.74) is 0.0695. The molecule has 1 atom stereocenters. The summed E-state index contributed by atoms with van der Waals surface area (Å²) in [7, 11) is 3.98. The third kappa shape index (κ3) is 9.91. The first-order valence-electron chi connectivity index (χ1n) is 9.42. The Morgan fingerprint density at radius 2 is 1.89 bits per heavy atom. The van der Waals surface area contributed by atoms with Crippen LogP contribution in [0.5, 0.6) is 0 Å². The summed E-state index contributed by atoms with van der Waals surface area (Å²) >= 11 is 1.42. The molecule has 7 nitrogen and oxygen atoms in total. The fourth-order valence-electron chi connectivity index (χ4n) is 2.29. The molecule has 1 unspecified atom stereocenters. The smallest absolute Gasteiger partial charge is 0.286 e. The first kappa shape index (κ1) is 23.6. The second-order valence-corrected chi connectivity index (χ2v) is 9.75. The quantitative estimate of drug-likeness (QED) is 0.452. The molecule has 0 bridgehead atoms. The van der Waals surface area contributed by atoms with Gasteiger partial charge in [-0.1, -0.05) is 46.4 Å². The minimum Gasteiger partial charge on any atom is -0.408 e. The van der Waals surface area contributed by atoms with E-state index in [1.54, 1.807) is 0 Å².